The minimum absolute atomic E-state index is 0.0735. The second-order valence-electron chi connectivity index (χ2n) is 3.51. The maximum absolute atomic E-state index is 11.3. The average molecular weight is 189 g/mol. The van der Waals surface area contributed by atoms with Gasteiger partial charge in [0.05, 0.1) is 18.4 Å². The molecule has 72 valence electrons. The molecule has 1 aliphatic heterocycles. The smallest absolute Gasteiger partial charge is 0.163 e. The molecule has 1 unspecified atom stereocenters. The second kappa shape index (κ2) is 3.25. The van der Waals surface area contributed by atoms with Crippen molar-refractivity contribution in [3.63, 3.8) is 0 Å². The number of pyridine rings is 1. The molecule has 0 bridgehead atoms. The van der Waals surface area contributed by atoms with Gasteiger partial charge < -0.3 is 4.74 Å². The zero-order valence-corrected chi connectivity index (χ0v) is 7.93. The Morgan fingerprint density at radius 1 is 1.50 bits per heavy atom. The van der Waals surface area contributed by atoms with Crippen LogP contribution in [0.1, 0.15) is 19.0 Å². The second-order valence-corrected chi connectivity index (χ2v) is 3.51. The van der Waals surface area contributed by atoms with Crippen LogP contribution < -0.4 is 0 Å². The Bertz CT molecular complexity index is 372. The van der Waals surface area contributed by atoms with E-state index in [1.54, 1.807) is 6.20 Å². The normalized spacial score (nSPS) is 25.9. The Morgan fingerprint density at radius 3 is 3.00 bits per heavy atom. The fraction of sp³-hybridized carbons (Fsp3) is 0.273. The maximum Gasteiger partial charge on any atom is 0.163 e. The van der Waals surface area contributed by atoms with E-state index in [2.05, 4.69) is 4.98 Å². The lowest BCUT2D eigenvalue weighted by molar-refractivity contribution is -0.122. The van der Waals surface area contributed by atoms with Gasteiger partial charge in [0.2, 0.25) is 0 Å². The fourth-order valence-electron chi connectivity index (χ4n) is 1.52. The number of nitrogens with zero attached hydrogens (tertiary/aromatic N) is 1. The Hall–Kier alpha value is -1.64. The van der Waals surface area contributed by atoms with E-state index < -0.39 is 5.60 Å². The van der Waals surface area contributed by atoms with Gasteiger partial charge in [0.1, 0.15) is 0 Å². The standard InChI is InChI=1S/C11H11NO2/c1-11(8-9(13)5-7-14-11)10-4-2-3-6-12-10/h2-7H,8H2,1H3. The first-order valence-electron chi connectivity index (χ1n) is 4.49. The highest BCUT2D eigenvalue weighted by Gasteiger charge is 2.33. The number of hydrogen-bond acceptors (Lipinski definition) is 3. The molecule has 0 fully saturated rings. The molecule has 0 spiro atoms. The molecule has 0 saturated carbocycles. The minimum Gasteiger partial charge on any atom is -0.488 e. The van der Waals surface area contributed by atoms with Gasteiger partial charge in [-0.1, -0.05) is 6.07 Å². The number of hydrogen-bond donors (Lipinski definition) is 0. The first-order valence-corrected chi connectivity index (χ1v) is 4.49. The zero-order valence-electron chi connectivity index (χ0n) is 7.93. The summed E-state index contributed by atoms with van der Waals surface area (Å²) in [5.74, 6) is 0.0735. The Balaban J connectivity index is 2.34. The van der Waals surface area contributed by atoms with Crippen LogP contribution in [0, 0.1) is 0 Å². The van der Waals surface area contributed by atoms with Crippen LogP contribution in [0.3, 0.4) is 0 Å². The fourth-order valence-corrected chi connectivity index (χ4v) is 1.52. The van der Waals surface area contributed by atoms with E-state index in [1.807, 2.05) is 25.1 Å². The lowest BCUT2D eigenvalue weighted by Gasteiger charge is -2.29. The third-order valence-corrected chi connectivity index (χ3v) is 2.30. The molecule has 0 N–H and O–H groups in total. The predicted molar refractivity (Wildman–Crippen MR) is 51.4 cm³/mol. The van der Waals surface area contributed by atoms with Crippen molar-refractivity contribution >= 4 is 5.78 Å². The van der Waals surface area contributed by atoms with Crippen molar-refractivity contribution in [3.05, 3.63) is 42.4 Å². The topological polar surface area (TPSA) is 39.2 Å². The summed E-state index contributed by atoms with van der Waals surface area (Å²) in [6.07, 6.45) is 4.94. The highest BCUT2D eigenvalue weighted by molar-refractivity contribution is 5.90. The monoisotopic (exact) mass is 189 g/mol. The van der Waals surface area contributed by atoms with Gasteiger partial charge in [-0.15, -0.1) is 0 Å². The van der Waals surface area contributed by atoms with Crippen molar-refractivity contribution in [3.8, 4) is 0 Å². The molecule has 2 heterocycles. The molecule has 0 amide bonds. The Morgan fingerprint density at radius 2 is 2.36 bits per heavy atom. The van der Waals surface area contributed by atoms with Gasteiger partial charge in [-0.3, -0.25) is 9.78 Å². The van der Waals surface area contributed by atoms with Gasteiger partial charge >= 0.3 is 0 Å². The van der Waals surface area contributed by atoms with Gasteiger partial charge in [0, 0.05) is 12.3 Å². The first-order chi connectivity index (χ1) is 6.71. The van der Waals surface area contributed by atoms with Crippen LogP contribution in [-0.2, 0) is 15.1 Å². The van der Waals surface area contributed by atoms with Gasteiger partial charge in [-0.25, -0.2) is 0 Å². The number of ketones is 1. The summed E-state index contributed by atoms with van der Waals surface area (Å²) in [7, 11) is 0. The highest BCUT2D eigenvalue weighted by atomic mass is 16.5. The van der Waals surface area contributed by atoms with Crippen LogP contribution in [0.4, 0.5) is 0 Å². The van der Waals surface area contributed by atoms with Crippen molar-refractivity contribution in [1.82, 2.24) is 4.98 Å². The molecule has 1 atom stereocenters. The van der Waals surface area contributed by atoms with E-state index >= 15 is 0 Å². The molecule has 1 aliphatic rings. The largest absolute Gasteiger partial charge is 0.488 e. The van der Waals surface area contributed by atoms with E-state index in [-0.39, 0.29) is 5.78 Å². The van der Waals surface area contributed by atoms with Gasteiger partial charge in [0.15, 0.2) is 11.4 Å². The number of allylic oxidation sites excluding steroid dienone is 1. The highest BCUT2D eigenvalue weighted by Crippen LogP contribution is 2.30. The van der Waals surface area contributed by atoms with Gasteiger partial charge in [-0.2, -0.15) is 0 Å². The van der Waals surface area contributed by atoms with Crippen LogP contribution in [0.15, 0.2) is 36.7 Å². The van der Waals surface area contributed by atoms with Crippen molar-refractivity contribution in [2.45, 2.75) is 18.9 Å². The van der Waals surface area contributed by atoms with E-state index in [0.29, 0.717) is 6.42 Å². The van der Waals surface area contributed by atoms with Gasteiger partial charge in [0.25, 0.3) is 0 Å². The Labute approximate surface area is 82.4 Å². The third-order valence-electron chi connectivity index (χ3n) is 2.30. The maximum atomic E-state index is 11.3. The van der Waals surface area contributed by atoms with Crippen LogP contribution in [0.25, 0.3) is 0 Å². The molecule has 1 aromatic heterocycles. The first kappa shape index (κ1) is 8.94. The van der Waals surface area contributed by atoms with E-state index in [9.17, 15) is 4.79 Å². The van der Waals surface area contributed by atoms with Gasteiger partial charge in [-0.05, 0) is 19.1 Å². The van der Waals surface area contributed by atoms with Crippen LogP contribution in [0.2, 0.25) is 0 Å². The van der Waals surface area contributed by atoms with Crippen LogP contribution in [-0.4, -0.2) is 10.8 Å². The molecule has 0 aromatic carbocycles. The molecular weight excluding hydrogens is 178 g/mol. The third kappa shape index (κ3) is 1.53. The minimum atomic E-state index is -0.604. The van der Waals surface area contributed by atoms with Crippen LogP contribution in [0.5, 0.6) is 0 Å². The van der Waals surface area contributed by atoms with E-state index in [4.69, 9.17) is 4.74 Å². The average Bonchev–Trinajstić information content (AvgIpc) is 2.19. The van der Waals surface area contributed by atoms with E-state index in [0.717, 1.165) is 5.69 Å². The zero-order chi connectivity index (χ0) is 10.0. The lowest BCUT2D eigenvalue weighted by Crippen LogP contribution is -2.30. The molecule has 0 aliphatic carbocycles. The van der Waals surface area contributed by atoms with Crippen molar-refractivity contribution in [2.75, 3.05) is 0 Å². The summed E-state index contributed by atoms with van der Waals surface area (Å²) in [5, 5.41) is 0. The number of carbonyl (C=O) groups is 1. The number of rotatable bonds is 1. The lowest BCUT2D eigenvalue weighted by atomic mass is 9.93. The quantitative estimate of drug-likeness (QED) is 0.676. The molecule has 3 heteroatoms. The molecule has 1 aromatic rings. The Kier molecular flexibility index (Phi) is 2.08. The van der Waals surface area contributed by atoms with Crippen LogP contribution >= 0.6 is 0 Å². The molecule has 14 heavy (non-hydrogen) atoms. The van der Waals surface area contributed by atoms with E-state index in [1.165, 1.54) is 12.3 Å². The summed E-state index contributed by atoms with van der Waals surface area (Å²) < 4.78 is 5.46. The summed E-state index contributed by atoms with van der Waals surface area (Å²) >= 11 is 0. The SMILES string of the molecule is CC1(c2ccccn2)CC(=O)C=CO1. The molecule has 3 nitrogen and oxygen atoms in total. The number of aromatic nitrogens is 1. The van der Waals surface area contributed by atoms with Crippen molar-refractivity contribution in [2.24, 2.45) is 0 Å². The number of ether oxygens (including phenoxy) is 1. The predicted octanol–water partition coefficient (Wildman–Crippen LogP) is 1.80. The number of carbonyl (C=O) groups excluding carboxylic acids is 1. The van der Waals surface area contributed by atoms with Crippen molar-refractivity contribution < 1.29 is 9.53 Å². The summed E-state index contributed by atoms with van der Waals surface area (Å²) in [4.78, 5) is 15.5. The summed E-state index contributed by atoms with van der Waals surface area (Å²) in [6, 6.07) is 5.60. The summed E-state index contributed by atoms with van der Waals surface area (Å²) in [6.45, 7) is 1.87. The summed E-state index contributed by atoms with van der Waals surface area (Å²) in [5.41, 5.74) is 0.185. The van der Waals surface area contributed by atoms with Crippen molar-refractivity contribution in [1.29, 1.82) is 0 Å². The molecule has 2 rings (SSSR count). The molecule has 0 radical (unpaired) electrons. The molecule has 0 saturated heterocycles. The molecular formula is C11H11NO2.